The van der Waals surface area contributed by atoms with Gasteiger partial charge in [0.15, 0.2) is 0 Å². The molecule has 1 rings (SSSR count). The van der Waals surface area contributed by atoms with Crippen molar-refractivity contribution in [3.8, 4) is 0 Å². The molecule has 1 amide bonds. The van der Waals surface area contributed by atoms with Crippen LogP contribution in [0, 0.1) is 0 Å². The van der Waals surface area contributed by atoms with Gasteiger partial charge in [-0.1, -0.05) is 32.4 Å². The van der Waals surface area contributed by atoms with Gasteiger partial charge in [-0.2, -0.15) is 0 Å². The number of unbranched alkanes of at least 4 members (excludes halogenated alkanes) is 1. The molecule has 0 spiro atoms. The van der Waals surface area contributed by atoms with Crippen LogP contribution in [0.25, 0.3) is 0 Å². The Balaban J connectivity index is 2.05. The van der Waals surface area contributed by atoms with Gasteiger partial charge in [-0.15, -0.1) is 0 Å². The number of benzene rings is 1. The van der Waals surface area contributed by atoms with Crippen LogP contribution in [0.5, 0.6) is 0 Å². The number of nitrogens with one attached hydrogen (secondary N) is 1. The lowest BCUT2D eigenvalue weighted by molar-refractivity contribution is 0.0472. The van der Waals surface area contributed by atoms with Crippen molar-refractivity contribution in [2.24, 2.45) is 0 Å². The van der Waals surface area contributed by atoms with Crippen LogP contribution in [-0.4, -0.2) is 38.9 Å². The molecule has 0 aliphatic heterocycles. The molecular weight excluding hydrogens is 266 g/mol. The van der Waals surface area contributed by atoms with Gasteiger partial charge >= 0.3 is 0 Å². The lowest BCUT2D eigenvalue weighted by atomic mass is 10.1. The zero-order valence-electron chi connectivity index (χ0n) is 13.2. The number of hydrogen-bond donors (Lipinski definition) is 1. The molecule has 0 saturated carbocycles. The molecule has 0 aromatic heterocycles. The maximum absolute atomic E-state index is 11.9. The summed E-state index contributed by atoms with van der Waals surface area (Å²) in [6, 6.07) is 7.69. The first-order chi connectivity index (χ1) is 10.3. The molecule has 118 valence electrons. The molecule has 21 heavy (non-hydrogen) atoms. The molecule has 0 bridgehead atoms. The van der Waals surface area contributed by atoms with Crippen molar-refractivity contribution in [2.75, 3.05) is 33.0 Å². The fourth-order valence-corrected chi connectivity index (χ4v) is 1.80. The Morgan fingerprint density at radius 2 is 1.67 bits per heavy atom. The van der Waals surface area contributed by atoms with E-state index in [1.807, 2.05) is 24.3 Å². The monoisotopic (exact) mass is 293 g/mol. The Labute approximate surface area is 127 Å². The third-order valence-corrected chi connectivity index (χ3v) is 3.17. The summed E-state index contributed by atoms with van der Waals surface area (Å²) in [6.07, 6.45) is 3.22. The number of hydrogen-bond acceptors (Lipinski definition) is 3. The van der Waals surface area contributed by atoms with Crippen molar-refractivity contribution in [3.05, 3.63) is 35.4 Å². The standard InChI is InChI=1S/C17H27NO3/c1-3-5-11-20-13-14-21-12-10-18-17(19)16-8-6-15(4-2)7-9-16/h6-9H,3-5,10-14H2,1-2H3,(H,18,19). The SMILES string of the molecule is CCCCOCCOCCNC(=O)c1ccc(CC)cc1. The van der Waals surface area contributed by atoms with Gasteiger partial charge in [0.1, 0.15) is 0 Å². The highest BCUT2D eigenvalue weighted by Gasteiger charge is 2.03. The highest BCUT2D eigenvalue weighted by molar-refractivity contribution is 5.94. The largest absolute Gasteiger partial charge is 0.379 e. The van der Waals surface area contributed by atoms with Crippen LogP contribution in [0.1, 0.15) is 42.6 Å². The first kappa shape index (κ1) is 17.7. The molecule has 1 aromatic carbocycles. The molecule has 1 aromatic rings. The fraction of sp³-hybridized carbons (Fsp3) is 0.588. The molecule has 0 atom stereocenters. The summed E-state index contributed by atoms with van der Waals surface area (Å²) < 4.78 is 10.8. The summed E-state index contributed by atoms with van der Waals surface area (Å²) >= 11 is 0. The molecular formula is C17H27NO3. The summed E-state index contributed by atoms with van der Waals surface area (Å²) in [4.78, 5) is 11.9. The number of amides is 1. The van der Waals surface area contributed by atoms with Gasteiger partial charge in [-0.25, -0.2) is 0 Å². The zero-order valence-corrected chi connectivity index (χ0v) is 13.2. The minimum atomic E-state index is -0.0551. The van der Waals surface area contributed by atoms with Crippen molar-refractivity contribution >= 4 is 5.91 Å². The van der Waals surface area contributed by atoms with Crippen molar-refractivity contribution in [1.29, 1.82) is 0 Å². The first-order valence-electron chi connectivity index (χ1n) is 7.80. The van der Waals surface area contributed by atoms with Crippen LogP contribution in [0.15, 0.2) is 24.3 Å². The van der Waals surface area contributed by atoms with Crippen LogP contribution in [0.3, 0.4) is 0 Å². The number of carbonyl (C=O) groups is 1. The molecule has 0 heterocycles. The van der Waals surface area contributed by atoms with Crippen LogP contribution >= 0.6 is 0 Å². The van der Waals surface area contributed by atoms with Crippen LogP contribution in [-0.2, 0) is 15.9 Å². The van der Waals surface area contributed by atoms with E-state index in [4.69, 9.17) is 9.47 Å². The lowest BCUT2D eigenvalue weighted by Crippen LogP contribution is -2.27. The smallest absolute Gasteiger partial charge is 0.251 e. The second-order valence-electron chi connectivity index (χ2n) is 4.88. The summed E-state index contributed by atoms with van der Waals surface area (Å²) in [7, 11) is 0. The van der Waals surface area contributed by atoms with Crippen LogP contribution < -0.4 is 5.32 Å². The Morgan fingerprint density at radius 3 is 2.29 bits per heavy atom. The van der Waals surface area contributed by atoms with E-state index in [9.17, 15) is 4.79 Å². The summed E-state index contributed by atoms with van der Waals surface area (Å²) in [5.74, 6) is -0.0551. The topological polar surface area (TPSA) is 47.6 Å². The van der Waals surface area contributed by atoms with E-state index in [1.54, 1.807) is 0 Å². The molecule has 0 saturated heterocycles. The van der Waals surface area contributed by atoms with Crippen molar-refractivity contribution in [2.45, 2.75) is 33.1 Å². The fourth-order valence-electron chi connectivity index (χ4n) is 1.80. The molecule has 0 unspecified atom stereocenters. The van der Waals surface area contributed by atoms with E-state index in [0.717, 1.165) is 25.9 Å². The van der Waals surface area contributed by atoms with Crippen molar-refractivity contribution < 1.29 is 14.3 Å². The molecule has 1 N–H and O–H groups in total. The molecule has 4 nitrogen and oxygen atoms in total. The predicted octanol–water partition coefficient (Wildman–Crippen LogP) is 2.81. The van der Waals surface area contributed by atoms with Gasteiger partial charge in [-0.05, 0) is 30.5 Å². The molecule has 0 aliphatic carbocycles. The third-order valence-electron chi connectivity index (χ3n) is 3.17. The van der Waals surface area contributed by atoms with Crippen LogP contribution in [0.4, 0.5) is 0 Å². The quantitative estimate of drug-likeness (QED) is 0.638. The third kappa shape index (κ3) is 7.83. The lowest BCUT2D eigenvalue weighted by Gasteiger charge is -2.07. The van der Waals surface area contributed by atoms with E-state index in [-0.39, 0.29) is 5.91 Å². The predicted molar refractivity (Wildman–Crippen MR) is 84.7 cm³/mol. The van der Waals surface area contributed by atoms with E-state index >= 15 is 0 Å². The maximum Gasteiger partial charge on any atom is 0.251 e. The normalized spacial score (nSPS) is 10.6. The highest BCUT2D eigenvalue weighted by atomic mass is 16.5. The van der Waals surface area contributed by atoms with Gasteiger partial charge < -0.3 is 14.8 Å². The second-order valence-corrected chi connectivity index (χ2v) is 4.88. The Bertz CT molecular complexity index is 390. The number of carbonyl (C=O) groups excluding carboxylic acids is 1. The average molecular weight is 293 g/mol. The molecule has 0 fully saturated rings. The van der Waals surface area contributed by atoms with Gasteiger partial charge in [0.2, 0.25) is 0 Å². The van der Waals surface area contributed by atoms with Crippen molar-refractivity contribution in [3.63, 3.8) is 0 Å². The summed E-state index contributed by atoms with van der Waals surface area (Å²) in [6.45, 7) is 7.25. The second kappa shape index (κ2) is 11.3. The average Bonchev–Trinajstić information content (AvgIpc) is 2.53. The van der Waals surface area contributed by atoms with E-state index < -0.39 is 0 Å². The van der Waals surface area contributed by atoms with Crippen molar-refractivity contribution in [1.82, 2.24) is 5.32 Å². The van der Waals surface area contributed by atoms with Gasteiger partial charge in [0.25, 0.3) is 5.91 Å². The van der Waals surface area contributed by atoms with Gasteiger partial charge in [0, 0.05) is 18.7 Å². The summed E-state index contributed by atoms with van der Waals surface area (Å²) in [5.41, 5.74) is 1.92. The maximum atomic E-state index is 11.9. The molecule has 0 aliphatic rings. The van der Waals surface area contributed by atoms with E-state index in [1.165, 1.54) is 5.56 Å². The summed E-state index contributed by atoms with van der Waals surface area (Å²) in [5, 5.41) is 2.84. The Kier molecular flexibility index (Phi) is 9.49. The number of aryl methyl sites for hydroxylation is 1. The van der Waals surface area contributed by atoms with Crippen LogP contribution in [0.2, 0.25) is 0 Å². The number of rotatable bonds is 11. The highest BCUT2D eigenvalue weighted by Crippen LogP contribution is 2.04. The molecule has 4 heteroatoms. The van der Waals surface area contributed by atoms with Gasteiger partial charge in [-0.3, -0.25) is 4.79 Å². The molecule has 0 radical (unpaired) electrons. The van der Waals surface area contributed by atoms with E-state index in [0.29, 0.717) is 31.9 Å². The Morgan fingerprint density at radius 1 is 1.00 bits per heavy atom. The first-order valence-corrected chi connectivity index (χ1v) is 7.80. The zero-order chi connectivity index (χ0) is 15.3. The minimum absolute atomic E-state index is 0.0551. The van der Waals surface area contributed by atoms with E-state index in [2.05, 4.69) is 19.2 Å². The minimum Gasteiger partial charge on any atom is -0.379 e. The Hall–Kier alpha value is -1.39. The van der Waals surface area contributed by atoms with Gasteiger partial charge in [0.05, 0.1) is 19.8 Å². The number of ether oxygens (including phenoxy) is 2.